The molecule has 9 heteroatoms. The van der Waals surface area contributed by atoms with E-state index < -0.39 is 31.7 Å². The van der Waals surface area contributed by atoms with Crippen molar-refractivity contribution in [3.8, 4) is 0 Å². The zero-order chi connectivity index (χ0) is 19.1. The average molecular weight is 396 g/mol. The first kappa shape index (κ1) is 18.7. The van der Waals surface area contributed by atoms with E-state index in [0.717, 1.165) is 11.1 Å². The Hall–Kier alpha value is -2.13. The average Bonchev–Trinajstić information content (AvgIpc) is 3.11. The van der Waals surface area contributed by atoms with Crippen LogP contribution >= 0.6 is 0 Å². The number of rotatable bonds is 5. The molecule has 1 aliphatic rings. The minimum Gasteiger partial charge on any atom is -0.349 e. The Kier molecular flexibility index (Phi) is 4.70. The molecule has 1 aromatic carbocycles. The fourth-order valence-electron chi connectivity index (χ4n) is 2.97. The molecule has 0 radical (unpaired) electrons. The van der Waals surface area contributed by atoms with Crippen molar-refractivity contribution in [1.29, 1.82) is 0 Å². The van der Waals surface area contributed by atoms with E-state index in [2.05, 4.69) is 9.71 Å². The Morgan fingerprint density at radius 3 is 2.58 bits per heavy atom. The summed E-state index contributed by atoms with van der Waals surface area (Å²) < 4.78 is 50.8. The molecule has 0 unspecified atom stereocenters. The molecule has 0 saturated carbocycles. The van der Waals surface area contributed by atoms with Crippen LogP contribution in [-0.2, 0) is 37.5 Å². The maximum Gasteiger partial charge on any atom is 0.279 e. The molecule has 2 aromatic rings. The molecule has 0 saturated heterocycles. The summed E-state index contributed by atoms with van der Waals surface area (Å²) in [4.78, 5) is 14.8. The van der Waals surface area contributed by atoms with Gasteiger partial charge in [-0.25, -0.2) is 13.1 Å². The minimum atomic E-state index is -4.16. The van der Waals surface area contributed by atoms with Crippen LogP contribution in [-0.4, -0.2) is 33.5 Å². The van der Waals surface area contributed by atoms with Crippen LogP contribution in [0, 0.1) is 12.8 Å². The van der Waals surface area contributed by atoms with Crippen molar-refractivity contribution in [2.75, 3.05) is 5.75 Å². The first-order chi connectivity index (χ1) is 12.1. The van der Waals surface area contributed by atoms with Crippen LogP contribution in [0.25, 0.3) is 0 Å². The second kappa shape index (κ2) is 6.55. The van der Waals surface area contributed by atoms with Gasteiger partial charge in [0.1, 0.15) is 0 Å². The minimum absolute atomic E-state index is 0.00183. The number of amides is 1. The van der Waals surface area contributed by atoms with Crippen molar-refractivity contribution < 1.29 is 21.6 Å². The van der Waals surface area contributed by atoms with E-state index in [0.29, 0.717) is 6.42 Å². The summed E-state index contributed by atoms with van der Waals surface area (Å²) in [5.74, 6) is -1.30. The monoisotopic (exact) mass is 396 g/mol. The third kappa shape index (κ3) is 3.54. The summed E-state index contributed by atoms with van der Waals surface area (Å²) >= 11 is 0. The Morgan fingerprint density at radius 1 is 1.27 bits per heavy atom. The summed E-state index contributed by atoms with van der Waals surface area (Å²) in [6, 6.07) is 7.66. The third-order valence-electron chi connectivity index (χ3n) is 4.48. The molecule has 0 fully saturated rings. The quantitative estimate of drug-likeness (QED) is 0.792. The molecule has 1 aliphatic heterocycles. The van der Waals surface area contributed by atoms with E-state index in [1.165, 1.54) is 6.20 Å². The van der Waals surface area contributed by atoms with Crippen LogP contribution in [0.5, 0.6) is 0 Å². The van der Waals surface area contributed by atoms with Gasteiger partial charge in [0.2, 0.25) is 5.91 Å². The second-order valence-electron chi connectivity index (χ2n) is 6.59. The van der Waals surface area contributed by atoms with Crippen molar-refractivity contribution in [2.45, 2.75) is 36.6 Å². The number of aryl methyl sites for hydroxylation is 1. The van der Waals surface area contributed by atoms with Crippen LogP contribution in [0.1, 0.15) is 23.6 Å². The van der Waals surface area contributed by atoms with Gasteiger partial charge in [-0.1, -0.05) is 36.8 Å². The van der Waals surface area contributed by atoms with Gasteiger partial charge in [-0.05, 0) is 25.3 Å². The number of hydrogen-bond donors (Lipinski definition) is 2. The molecule has 2 N–H and O–H groups in total. The van der Waals surface area contributed by atoms with E-state index in [4.69, 9.17) is 0 Å². The van der Waals surface area contributed by atoms with Gasteiger partial charge in [-0.15, -0.1) is 0 Å². The Balaban J connectivity index is 1.75. The van der Waals surface area contributed by atoms with Crippen molar-refractivity contribution in [3.63, 3.8) is 0 Å². The molecule has 0 spiro atoms. The SMILES string of the molecule is Cc1ccc(C[C@H](C)C(=O)NS(=O)(=O)c2[nH]cc3c2CCS3(=O)=O)cc1. The van der Waals surface area contributed by atoms with E-state index in [-0.39, 0.29) is 27.7 Å². The Morgan fingerprint density at radius 2 is 1.92 bits per heavy atom. The van der Waals surface area contributed by atoms with Crippen LogP contribution in [0.3, 0.4) is 0 Å². The fraction of sp³-hybridized carbons (Fsp3) is 0.353. The van der Waals surface area contributed by atoms with Gasteiger partial charge in [0.15, 0.2) is 14.9 Å². The summed E-state index contributed by atoms with van der Waals surface area (Å²) in [7, 11) is -7.60. The van der Waals surface area contributed by atoms with Gasteiger partial charge in [0, 0.05) is 17.7 Å². The lowest BCUT2D eigenvalue weighted by Gasteiger charge is -2.13. The zero-order valence-electron chi connectivity index (χ0n) is 14.4. The predicted octanol–water partition coefficient (Wildman–Crippen LogP) is 1.34. The number of nitrogens with one attached hydrogen (secondary N) is 2. The molecule has 0 bridgehead atoms. The van der Waals surface area contributed by atoms with E-state index in [1.807, 2.05) is 31.2 Å². The van der Waals surface area contributed by atoms with Crippen molar-refractivity contribution >= 4 is 25.8 Å². The number of fused-ring (bicyclic) bond motifs is 1. The van der Waals surface area contributed by atoms with Gasteiger partial charge < -0.3 is 4.98 Å². The van der Waals surface area contributed by atoms with Gasteiger partial charge in [0.25, 0.3) is 10.0 Å². The first-order valence-electron chi connectivity index (χ1n) is 8.15. The molecule has 140 valence electrons. The van der Waals surface area contributed by atoms with Gasteiger partial charge in [-0.2, -0.15) is 8.42 Å². The van der Waals surface area contributed by atoms with Crippen LogP contribution in [0.4, 0.5) is 0 Å². The molecule has 1 atom stereocenters. The molecular weight excluding hydrogens is 376 g/mol. The molecule has 1 aromatic heterocycles. The molecule has 2 heterocycles. The number of aromatic amines is 1. The number of hydrogen-bond acceptors (Lipinski definition) is 5. The summed E-state index contributed by atoms with van der Waals surface area (Å²) in [6.07, 6.45) is 1.69. The van der Waals surface area contributed by atoms with Crippen LogP contribution in [0.15, 0.2) is 40.4 Å². The first-order valence-corrected chi connectivity index (χ1v) is 11.3. The number of benzene rings is 1. The van der Waals surface area contributed by atoms with Gasteiger partial charge in [0.05, 0.1) is 10.6 Å². The lowest BCUT2D eigenvalue weighted by molar-refractivity contribution is -0.122. The Bertz CT molecular complexity index is 1050. The van der Waals surface area contributed by atoms with Crippen molar-refractivity contribution in [3.05, 3.63) is 47.2 Å². The van der Waals surface area contributed by atoms with Crippen molar-refractivity contribution in [2.24, 2.45) is 5.92 Å². The number of sulfone groups is 1. The van der Waals surface area contributed by atoms with Gasteiger partial charge in [-0.3, -0.25) is 4.79 Å². The lowest BCUT2D eigenvalue weighted by Crippen LogP contribution is -2.36. The highest BCUT2D eigenvalue weighted by molar-refractivity contribution is 7.92. The Labute approximate surface area is 152 Å². The van der Waals surface area contributed by atoms with Crippen molar-refractivity contribution in [1.82, 2.24) is 9.71 Å². The smallest absolute Gasteiger partial charge is 0.279 e. The maximum atomic E-state index is 12.5. The summed E-state index contributed by atoms with van der Waals surface area (Å²) in [5.41, 5.74) is 2.25. The summed E-state index contributed by atoms with van der Waals surface area (Å²) in [5, 5.41) is -0.246. The number of sulfonamides is 1. The summed E-state index contributed by atoms with van der Waals surface area (Å²) in [6.45, 7) is 3.61. The predicted molar refractivity (Wildman–Crippen MR) is 95.9 cm³/mol. The molecule has 3 rings (SSSR count). The van der Waals surface area contributed by atoms with E-state index in [9.17, 15) is 21.6 Å². The fourth-order valence-corrected chi connectivity index (χ4v) is 5.87. The standard InChI is InChI=1S/C17H20N2O5S2/c1-11-3-5-13(6-4-11)9-12(2)16(20)19-26(23,24)17-14-7-8-25(21,22)15(14)10-18-17/h3-6,10,12,18H,7-9H2,1-2H3,(H,19,20)/t12-/m0/s1. The maximum absolute atomic E-state index is 12.5. The zero-order valence-corrected chi connectivity index (χ0v) is 16.1. The molecule has 1 amide bonds. The largest absolute Gasteiger partial charge is 0.349 e. The van der Waals surface area contributed by atoms with Gasteiger partial charge >= 0.3 is 0 Å². The molecule has 7 nitrogen and oxygen atoms in total. The topological polar surface area (TPSA) is 113 Å². The van der Waals surface area contributed by atoms with E-state index in [1.54, 1.807) is 6.92 Å². The van der Waals surface area contributed by atoms with Crippen LogP contribution < -0.4 is 4.72 Å². The number of carbonyl (C=O) groups excluding carboxylic acids is 1. The normalized spacial score (nSPS) is 16.8. The highest BCUT2D eigenvalue weighted by Crippen LogP contribution is 2.30. The number of aromatic nitrogens is 1. The third-order valence-corrected chi connectivity index (χ3v) is 7.62. The molecule has 26 heavy (non-hydrogen) atoms. The molecular formula is C17H20N2O5S2. The van der Waals surface area contributed by atoms with Crippen LogP contribution in [0.2, 0.25) is 0 Å². The highest BCUT2D eigenvalue weighted by atomic mass is 32.2. The number of carbonyl (C=O) groups is 1. The lowest BCUT2D eigenvalue weighted by atomic mass is 10.00. The molecule has 0 aliphatic carbocycles. The second-order valence-corrected chi connectivity index (χ2v) is 10.3. The highest BCUT2D eigenvalue weighted by Gasteiger charge is 2.35. The number of H-pyrrole nitrogens is 1. The van der Waals surface area contributed by atoms with E-state index >= 15 is 0 Å².